The molecule has 0 unspecified atom stereocenters. The number of hydrogen-bond donors (Lipinski definition) is 0. The van der Waals surface area contributed by atoms with Gasteiger partial charge in [0.05, 0.1) is 26.1 Å². The van der Waals surface area contributed by atoms with Gasteiger partial charge < -0.3 is 38.2 Å². The average Bonchev–Trinajstić information content (AvgIpc) is 3.35. The highest BCUT2D eigenvalue weighted by molar-refractivity contribution is 8.13. The van der Waals surface area contributed by atoms with Crippen LogP contribution < -0.4 is 0 Å². The monoisotopic (exact) mass is 999 g/mol. The minimum Gasteiger partial charge on any atom is -0.466 e. The normalized spacial score (nSPS) is 13.6. The third-order valence-corrected chi connectivity index (χ3v) is 14.4. The van der Waals surface area contributed by atoms with Crippen LogP contribution >= 0.6 is 11.8 Å². The van der Waals surface area contributed by atoms with E-state index in [1.54, 1.807) is 11.8 Å². The Morgan fingerprint density at radius 1 is 0.464 bits per heavy atom. The second-order valence-corrected chi connectivity index (χ2v) is 21.0. The molecular formula is C57H110N2O9S. The molecule has 0 radical (unpaired) electrons. The van der Waals surface area contributed by atoms with E-state index in [9.17, 15) is 14.4 Å². The lowest BCUT2D eigenvalue weighted by Crippen LogP contribution is -2.50. The molecular weight excluding hydrogens is 889 g/mol. The fourth-order valence-electron chi connectivity index (χ4n) is 8.94. The van der Waals surface area contributed by atoms with Gasteiger partial charge in [0, 0.05) is 57.1 Å². The molecule has 0 bridgehead atoms. The van der Waals surface area contributed by atoms with E-state index >= 15 is 0 Å². The fourth-order valence-corrected chi connectivity index (χ4v) is 9.91. The highest BCUT2D eigenvalue weighted by atomic mass is 32.2. The van der Waals surface area contributed by atoms with Gasteiger partial charge >= 0.3 is 11.9 Å². The number of carbonyl (C=O) groups excluding carboxylic acids is 3. The molecule has 1 saturated heterocycles. The number of esters is 2. The van der Waals surface area contributed by atoms with Crippen LogP contribution in [0.4, 0.5) is 4.79 Å². The minimum atomic E-state index is -0.339. The standard InChI is InChI=1S/C57H110N2O9S/c1-7-12-17-24-33-50-69-57(62)59(52-40-42-58(6)43-41-52)51(34-25-20-18-22-31-44-63-53(60)36-38-55(65-46-27-13-8-2)66-47-28-14-9-3)35-26-21-19-23-32-45-64-54(61)37-39-56(67-48-29-15-10-4)68-49-30-16-11-5/h51-52,55-56H,7-50H2,1-6H3. The lowest BCUT2D eigenvalue weighted by atomic mass is 9.95. The van der Waals surface area contributed by atoms with Crippen molar-refractivity contribution in [1.82, 2.24) is 9.80 Å². The van der Waals surface area contributed by atoms with Gasteiger partial charge in [-0.15, -0.1) is 0 Å². The van der Waals surface area contributed by atoms with Crippen molar-refractivity contribution in [1.29, 1.82) is 0 Å². The average molecular weight is 1000 g/mol. The van der Waals surface area contributed by atoms with Crippen LogP contribution in [-0.4, -0.2) is 117 Å². The second-order valence-electron chi connectivity index (χ2n) is 19.9. The number of nitrogens with zero attached hydrogens (tertiary/aromatic N) is 2. The van der Waals surface area contributed by atoms with E-state index in [0.717, 1.165) is 192 Å². The number of piperidine rings is 1. The Hall–Kier alpha value is -1.44. The first-order valence-electron chi connectivity index (χ1n) is 29.2. The zero-order valence-corrected chi connectivity index (χ0v) is 46.7. The predicted octanol–water partition coefficient (Wildman–Crippen LogP) is 15.4. The van der Waals surface area contributed by atoms with Crippen molar-refractivity contribution in [2.45, 2.75) is 284 Å². The van der Waals surface area contributed by atoms with Crippen molar-refractivity contribution >= 4 is 28.9 Å². The molecule has 0 saturated carbocycles. The highest BCUT2D eigenvalue weighted by Crippen LogP contribution is 2.29. The van der Waals surface area contributed by atoms with Gasteiger partial charge in [-0.25, -0.2) is 0 Å². The first kappa shape index (κ1) is 65.6. The van der Waals surface area contributed by atoms with Crippen molar-refractivity contribution in [3.05, 3.63) is 0 Å². The first-order chi connectivity index (χ1) is 33.8. The first-order valence-corrected chi connectivity index (χ1v) is 30.2. The van der Waals surface area contributed by atoms with Crippen LogP contribution in [0.1, 0.15) is 259 Å². The lowest BCUT2D eigenvalue weighted by molar-refractivity contribution is -0.159. The third-order valence-electron chi connectivity index (χ3n) is 13.4. The molecule has 0 atom stereocenters. The number of unbranched alkanes of at least 4 members (excludes halogenated alkanes) is 20. The summed E-state index contributed by atoms with van der Waals surface area (Å²) >= 11 is 1.57. The summed E-state index contributed by atoms with van der Waals surface area (Å²) in [5.74, 6) is 0.578. The van der Waals surface area contributed by atoms with E-state index in [-0.39, 0.29) is 30.6 Å². The van der Waals surface area contributed by atoms with Crippen LogP contribution in [0.5, 0.6) is 0 Å². The minimum absolute atomic E-state index is 0.166. The number of likely N-dealkylation sites (tertiary alicyclic amines) is 1. The Labute approximate surface area is 429 Å². The molecule has 0 N–H and O–H groups in total. The van der Waals surface area contributed by atoms with Gasteiger partial charge in [-0.3, -0.25) is 14.4 Å². The number of amides is 1. The fraction of sp³-hybridized carbons (Fsp3) is 0.947. The van der Waals surface area contributed by atoms with Gasteiger partial charge in [-0.1, -0.05) is 175 Å². The van der Waals surface area contributed by atoms with Crippen molar-refractivity contribution in [2.75, 3.05) is 65.5 Å². The Balaban J connectivity index is 2.65. The third kappa shape index (κ3) is 38.8. The molecule has 0 aromatic rings. The maximum atomic E-state index is 14.2. The maximum Gasteiger partial charge on any atom is 0.305 e. The molecule has 408 valence electrons. The SMILES string of the molecule is CCCCCCCSC(=O)N(C(CCCCCCCOC(=O)CCC(OCCCCC)OCCCCC)CCCCCCCOC(=O)CCC(OCCCCC)OCCCCC)C1CCN(C)CC1. The summed E-state index contributed by atoms with van der Waals surface area (Å²) in [6.45, 7) is 16.7. The Kier molecular flexibility index (Phi) is 46.4. The van der Waals surface area contributed by atoms with E-state index in [1.807, 2.05) is 0 Å². The van der Waals surface area contributed by atoms with E-state index in [0.29, 0.717) is 76.6 Å². The van der Waals surface area contributed by atoms with Gasteiger partial charge in [0.2, 0.25) is 0 Å². The van der Waals surface area contributed by atoms with E-state index < -0.39 is 0 Å². The van der Waals surface area contributed by atoms with Crippen LogP contribution in [0.15, 0.2) is 0 Å². The van der Waals surface area contributed by atoms with Crippen LogP contribution in [0.3, 0.4) is 0 Å². The molecule has 1 heterocycles. The summed E-state index contributed by atoms with van der Waals surface area (Å²) in [7, 11) is 2.20. The van der Waals surface area contributed by atoms with E-state index in [2.05, 4.69) is 51.5 Å². The molecule has 1 rings (SSSR count). The van der Waals surface area contributed by atoms with Crippen LogP contribution in [0, 0.1) is 0 Å². The molecule has 12 heteroatoms. The van der Waals surface area contributed by atoms with Gasteiger partial charge in [0.1, 0.15) is 0 Å². The largest absolute Gasteiger partial charge is 0.466 e. The van der Waals surface area contributed by atoms with Crippen molar-refractivity contribution in [2.24, 2.45) is 0 Å². The molecule has 1 fully saturated rings. The summed E-state index contributed by atoms with van der Waals surface area (Å²) < 4.78 is 35.2. The van der Waals surface area contributed by atoms with Crippen LogP contribution in [0.2, 0.25) is 0 Å². The summed E-state index contributed by atoms with van der Waals surface area (Å²) in [6, 6.07) is 0.562. The molecule has 69 heavy (non-hydrogen) atoms. The molecule has 1 aliphatic rings. The van der Waals surface area contributed by atoms with Crippen molar-refractivity contribution in [3.63, 3.8) is 0 Å². The van der Waals surface area contributed by atoms with Gasteiger partial charge in [0.15, 0.2) is 12.6 Å². The number of hydrogen-bond acceptors (Lipinski definition) is 11. The predicted molar refractivity (Wildman–Crippen MR) is 288 cm³/mol. The van der Waals surface area contributed by atoms with E-state index in [4.69, 9.17) is 28.4 Å². The van der Waals surface area contributed by atoms with E-state index in [1.165, 1.54) is 25.7 Å². The maximum absolute atomic E-state index is 14.2. The molecule has 0 spiro atoms. The lowest BCUT2D eigenvalue weighted by Gasteiger charge is -2.42. The van der Waals surface area contributed by atoms with Gasteiger partial charge in [-0.05, 0) is 90.8 Å². The molecule has 0 aliphatic carbocycles. The summed E-state index contributed by atoms with van der Waals surface area (Å²) in [5, 5.41) is 0.295. The Bertz CT molecular complexity index is 1080. The summed E-state index contributed by atoms with van der Waals surface area (Å²) in [6.07, 6.45) is 34.9. The molecule has 0 aromatic heterocycles. The number of rotatable bonds is 50. The smallest absolute Gasteiger partial charge is 0.305 e. The van der Waals surface area contributed by atoms with Crippen molar-refractivity contribution < 1.29 is 42.8 Å². The molecule has 1 aliphatic heterocycles. The molecule has 11 nitrogen and oxygen atoms in total. The van der Waals surface area contributed by atoms with Crippen LogP contribution in [-0.2, 0) is 38.0 Å². The zero-order valence-electron chi connectivity index (χ0n) is 45.9. The number of carbonyl (C=O) groups is 3. The van der Waals surface area contributed by atoms with Crippen molar-refractivity contribution in [3.8, 4) is 0 Å². The summed E-state index contributed by atoms with van der Waals surface area (Å²) in [4.78, 5) is 44.2. The Morgan fingerprint density at radius 2 is 0.812 bits per heavy atom. The number of thioether (sulfide) groups is 1. The molecule has 0 aromatic carbocycles. The van der Waals surface area contributed by atoms with Gasteiger partial charge in [-0.2, -0.15) is 0 Å². The van der Waals surface area contributed by atoms with Crippen LogP contribution in [0.25, 0.3) is 0 Å². The zero-order chi connectivity index (χ0) is 50.3. The topological polar surface area (TPSA) is 113 Å². The number of ether oxygens (including phenoxy) is 6. The highest BCUT2D eigenvalue weighted by Gasteiger charge is 2.32. The second kappa shape index (κ2) is 48.8. The summed E-state index contributed by atoms with van der Waals surface area (Å²) in [5.41, 5.74) is 0. The molecule has 1 amide bonds. The Morgan fingerprint density at radius 3 is 1.23 bits per heavy atom. The van der Waals surface area contributed by atoms with Gasteiger partial charge in [0.25, 0.3) is 5.24 Å². The quantitative estimate of drug-likeness (QED) is 0.0330.